The lowest BCUT2D eigenvalue weighted by Crippen LogP contribution is -2.44. The lowest BCUT2D eigenvalue weighted by molar-refractivity contribution is -0.131. The van der Waals surface area contributed by atoms with Gasteiger partial charge in [0, 0.05) is 38.0 Å². The highest BCUT2D eigenvalue weighted by atomic mass is 16.2. The molecule has 2 N–H and O–H groups in total. The fourth-order valence-corrected chi connectivity index (χ4v) is 4.29. The van der Waals surface area contributed by atoms with Crippen molar-refractivity contribution in [2.75, 3.05) is 0 Å². The van der Waals surface area contributed by atoms with E-state index in [0.29, 0.717) is 25.2 Å². The van der Waals surface area contributed by atoms with E-state index < -0.39 is 12.1 Å². The Labute approximate surface area is 219 Å². The molecule has 0 rings (SSSR count). The van der Waals surface area contributed by atoms with Gasteiger partial charge in [-0.1, -0.05) is 62.3 Å². The summed E-state index contributed by atoms with van der Waals surface area (Å²) in [5, 5.41) is 5.61. The van der Waals surface area contributed by atoms with Crippen LogP contribution in [0.2, 0.25) is 0 Å². The summed E-state index contributed by atoms with van der Waals surface area (Å²) >= 11 is 0. The van der Waals surface area contributed by atoms with Gasteiger partial charge in [0.2, 0.25) is 11.8 Å². The number of hydrogen-bond acceptors (Lipinski definition) is 5. The smallest absolute Gasteiger partial charge is 0.221 e. The van der Waals surface area contributed by atoms with Gasteiger partial charge >= 0.3 is 0 Å². The van der Waals surface area contributed by atoms with Crippen LogP contribution in [0, 0.1) is 29.6 Å². The Morgan fingerprint density at radius 2 is 0.861 bits per heavy atom. The maximum Gasteiger partial charge on any atom is 0.221 e. The second-order valence-corrected chi connectivity index (χ2v) is 12.0. The Bertz CT molecular complexity index is 727. The van der Waals surface area contributed by atoms with E-state index >= 15 is 0 Å². The van der Waals surface area contributed by atoms with Crippen LogP contribution in [0.5, 0.6) is 0 Å². The normalized spacial score (nSPS) is 14.1. The molecule has 7 heteroatoms. The maximum absolute atomic E-state index is 12.9. The Kier molecular flexibility index (Phi) is 16.4. The summed E-state index contributed by atoms with van der Waals surface area (Å²) in [6.07, 6.45) is 2.39. The standard InChI is InChI=1S/C29H52N2O5/c1-18(2)14-22(9)25(32)10-12-28(35)30-23(15-19(3)4)26(33)11-13-29(36)31-24(16-20(5)6)27(34)17-21(7)8/h18-24H,10-17H2,1-9H3,(H,30,35)(H,31,36). The van der Waals surface area contributed by atoms with Gasteiger partial charge in [-0.3, -0.25) is 24.0 Å². The van der Waals surface area contributed by atoms with Gasteiger partial charge in [0.15, 0.2) is 11.6 Å². The van der Waals surface area contributed by atoms with Crippen molar-refractivity contribution < 1.29 is 24.0 Å². The van der Waals surface area contributed by atoms with Crippen molar-refractivity contribution in [3.8, 4) is 0 Å². The Morgan fingerprint density at radius 1 is 0.472 bits per heavy atom. The molecular formula is C29H52N2O5. The van der Waals surface area contributed by atoms with Crippen molar-refractivity contribution in [1.82, 2.24) is 10.6 Å². The van der Waals surface area contributed by atoms with Crippen molar-refractivity contribution >= 4 is 29.2 Å². The summed E-state index contributed by atoms with van der Waals surface area (Å²) in [7, 11) is 0. The lowest BCUT2D eigenvalue weighted by Gasteiger charge is -2.22. The first kappa shape index (κ1) is 34.0. The first-order chi connectivity index (χ1) is 16.6. The number of rotatable bonds is 19. The van der Waals surface area contributed by atoms with Crippen LogP contribution in [0.4, 0.5) is 0 Å². The van der Waals surface area contributed by atoms with Crippen LogP contribution in [0.25, 0.3) is 0 Å². The highest BCUT2D eigenvalue weighted by Crippen LogP contribution is 2.15. The van der Waals surface area contributed by atoms with Crippen LogP contribution in [-0.2, 0) is 24.0 Å². The highest BCUT2D eigenvalue weighted by molar-refractivity contribution is 5.94. The molecule has 3 atom stereocenters. The molecule has 0 saturated heterocycles. The summed E-state index contributed by atoms with van der Waals surface area (Å²) in [4.78, 5) is 62.8. The third-order valence-electron chi connectivity index (χ3n) is 6.04. The first-order valence-electron chi connectivity index (χ1n) is 13.8. The van der Waals surface area contributed by atoms with Crippen molar-refractivity contribution in [3.05, 3.63) is 0 Å². The van der Waals surface area contributed by atoms with Gasteiger partial charge in [0.1, 0.15) is 5.78 Å². The van der Waals surface area contributed by atoms with Gasteiger partial charge in [-0.15, -0.1) is 0 Å². The molecular weight excluding hydrogens is 456 g/mol. The fourth-order valence-electron chi connectivity index (χ4n) is 4.29. The van der Waals surface area contributed by atoms with E-state index in [9.17, 15) is 24.0 Å². The van der Waals surface area contributed by atoms with Crippen molar-refractivity contribution in [2.45, 2.75) is 126 Å². The first-order valence-corrected chi connectivity index (χ1v) is 13.8. The molecule has 0 aromatic heterocycles. The van der Waals surface area contributed by atoms with Gasteiger partial charge in [-0.05, 0) is 42.9 Å². The Morgan fingerprint density at radius 3 is 1.25 bits per heavy atom. The van der Waals surface area contributed by atoms with E-state index in [0.717, 1.165) is 6.42 Å². The van der Waals surface area contributed by atoms with E-state index in [1.54, 1.807) is 0 Å². The fraction of sp³-hybridized carbons (Fsp3) is 0.828. The quantitative estimate of drug-likeness (QED) is 0.254. The molecule has 0 radical (unpaired) electrons. The average Bonchev–Trinajstić information content (AvgIpc) is 2.73. The molecule has 0 fully saturated rings. The monoisotopic (exact) mass is 508 g/mol. The molecule has 0 spiro atoms. The predicted molar refractivity (Wildman–Crippen MR) is 144 cm³/mol. The maximum atomic E-state index is 12.9. The van der Waals surface area contributed by atoms with Gasteiger partial charge in [-0.2, -0.15) is 0 Å². The molecule has 0 saturated carbocycles. The molecule has 7 nitrogen and oxygen atoms in total. The molecule has 2 amide bonds. The van der Waals surface area contributed by atoms with Gasteiger partial charge in [-0.25, -0.2) is 0 Å². The largest absolute Gasteiger partial charge is 0.346 e. The van der Waals surface area contributed by atoms with Crippen LogP contribution in [0.1, 0.15) is 114 Å². The summed E-state index contributed by atoms with van der Waals surface area (Å²) in [6.45, 7) is 17.9. The molecule has 36 heavy (non-hydrogen) atoms. The zero-order valence-corrected chi connectivity index (χ0v) is 24.2. The SMILES string of the molecule is CC(C)CC(=O)C(CC(C)C)NC(=O)CCC(=O)C(CC(C)C)NC(=O)CCC(=O)C(C)CC(C)C. The molecule has 0 aliphatic carbocycles. The Hall–Kier alpha value is -2.05. The topological polar surface area (TPSA) is 109 Å². The number of nitrogens with one attached hydrogen (secondary N) is 2. The minimum atomic E-state index is -0.692. The van der Waals surface area contributed by atoms with Crippen LogP contribution in [0.3, 0.4) is 0 Å². The number of hydrogen-bond donors (Lipinski definition) is 2. The van der Waals surface area contributed by atoms with E-state index in [1.165, 1.54) is 0 Å². The molecule has 0 bridgehead atoms. The van der Waals surface area contributed by atoms with Crippen LogP contribution in [-0.4, -0.2) is 41.2 Å². The van der Waals surface area contributed by atoms with E-state index in [2.05, 4.69) is 24.5 Å². The molecule has 0 aromatic rings. The van der Waals surface area contributed by atoms with Crippen molar-refractivity contribution in [3.63, 3.8) is 0 Å². The number of amides is 2. The van der Waals surface area contributed by atoms with Crippen molar-refractivity contribution in [2.24, 2.45) is 29.6 Å². The summed E-state index contributed by atoms with van der Waals surface area (Å²) in [5.41, 5.74) is 0. The number of carbonyl (C=O) groups excluding carboxylic acids is 5. The van der Waals surface area contributed by atoms with Gasteiger partial charge in [0.05, 0.1) is 12.1 Å². The van der Waals surface area contributed by atoms with Crippen LogP contribution in [0.15, 0.2) is 0 Å². The molecule has 3 unspecified atom stereocenters. The van der Waals surface area contributed by atoms with E-state index in [4.69, 9.17) is 0 Å². The molecule has 208 valence electrons. The molecule has 0 heterocycles. The third kappa shape index (κ3) is 15.8. The number of ketones is 3. The Balaban J connectivity index is 4.93. The van der Waals surface area contributed by atoms with Crippen LogP contribution >= 0.6 is 0 Å². The number of carbonyl (C=O) groups is 5. The second kappa shape index (κ2) is 17.4. The summed E-state index contributed by atoms with van der Waals surface area (Å²) in [5.74, 6) is 0.175. The third-order valence-corrected chi connectivity index (χ3v) is 6.04. The number of Topliss-reactive ketones (excluding diaryl/α,β-unsaturated/α-hetero) is 3. The minimum Gasteiger partial charge on any atom is -0.346 e. The average molecular weight is 509 g/mol. The van der Waals surface area contributed by atoms with Crippen LogP contribution < -0.4 is 10.6 Å². The van der Waals surface area contributed by atoms with Crippen molar-refractivity contribution in [1.29, 1.82) is 0 Å². The summed E-state index contributed by atoms with van der Waals surface area (Å²) in [6, 6.07) is -1.24. The zero-order chi connectivity index (χ0) is 28.0. The van der Waals surface area contributed by atoms with E-state index in [-0.39, 0.29) is 78.5 Å². The summed E-state index contributed by atoms with van der Waals surface area (Å²) < 4.78 is 0. The van der Waals surface area contributed by atoms with Gasteiger partial charge in [0.25, 0.3) is 0 Å². The van der Waals surface area contributed by atoms with Gasteiger partial charge < -0.3 is 10.6 Å². The molecule has 0 aliphatic heterocycles. The minimum absolute atomic E-state index is 0.0133. The molecule has 0 aliphatic rings. The molecule has 0 aromatic carbocycles. The van der Waals surface area contributed by atoms with E-state index in [1.807, 2.05) is 48.5 Å². The zero-order valence-electron chi connectivity index (χ0n) is 24.2. The predicted octanol–water partition coefficient (Wildman–Crippen LogP) is 5.04. The highest BCUT2D eigenvalue weighted by Gasteiger charge is 2.26. The lowest BCUT2D eigenvalue weighted by atomic mass is 9.92. The second-order valence-electron chi connectivity index (χ2n) is 12.0.